The van der Waals surface area contributed by atoms with Gasteiger partial charge in [0.25, 0.3) is 23.6 Å². The number of fused-ring (bicyclic) bond motifs is 2. The third-order valence-electron chi connectivity index (χ3n) is 18.3. The van der Waals surface area contributed by atoms with Crippen LogP contribution in [0.25, 0.3) is 87.6 Å². The van der Waals surface area contributed by atoms with Crippen molar-refractivity contribution in [2.75, 3.05) is 0 Å². The molecule has 13 aromatic rings. The number of amides is 4. The Morgan fingerprint density at radius 1 is 0.296 bits per heavy atom. The van der Waals surface area contributed by atoms with Gasteiger partial charge in [-0.3, -0.25) is 29.0 Å². The van der Waals surface area contributed by atoms with Gasteiger partial charge >= 0.3 is 11.9 Å². The first-order valence-corrected chi connectivity index (χ1v) is 32.5. The Morgan fingerprint density at radius 3 is 0.694 bits per heavy atom. The van der Waals surface area contributed by atoms with Crippen LogP contribution in [-0.4, -0.2) is 67.7 Å². The molecule has 14 nitrogen and oxygen atoms in total. The highest BCUT2D eigenvalue weighted by Crippen LogP contribution is 2.58. The summed E-state index contributed by atoms with van der Waals surface area (Å²) in [5.74, 6) is -5.55. The number of imide groups is 2. The number of benzene rings is 13. The number of carboxylic acids is 2. The second-order valence-corrected chi connectivity index (χ2v) is 25.6. The minimum absolute atomic E-state index is 0.0301. The van der Waals surface area contributed by atoms with Crippen LogP contribution in [0.1, 0.15) is 82.0 Å². The van der Waals surface area contributed by atoms with Crippen molar-refractivity contribution in [2.24, 2.45) is 11.8 Å². The lowest BCUT2D eigenvalue weighted by molar-refractivity contribution is -0.143. The summed E-state index contributed by atoms with van der Waals surface area (Å²) >= 11 is 0. The summed E-state index contributed by atoms with van der Waals surface area (Å²) in [5.41, 5.74) is 6.99. The Hall–Kier alpha value is -12.4. The molecule has 2 heterocycles. The summed E-state index contributed by atoms with van der Waals surface area (Å²) in [6, 6.07) is 71.4. The molecular weight excluding hydrogens is 1230 g/mol. The van der Waals surface area contributed by atoms with Crippen LogP contribution in [0.2, 0.25) is 0 Å². The maximum atomic E-state index is 15.9. The summed E-state index contributed by atoms with van der Waals surface area (Å²) < 4.78 is 28.9. The van der Waals surface area contributed by atoms with Gasteiger partial charge in [0.15, 0.2) is 0 Å². The molecule has 0 radical (unpaired) electrons. The molecule has 2 atom stereocenters. The molecule has 14 heteroatoms. The lowest BCUT2D eigenvalue weighted by Gasteiger charge is -2.35. The minimum Gasteiger partial charge on any atom is -0.480 e. The van der Waals surface area contributed by atoms with Crippen LogP contribution in [0.15, 0.2) is 243 Å². The van der Waals surface area contributed by atoms with E-state index in [2.05, 4.69) is 0 Å². The Bertz CT molecular complexity index is 4700. The molecule has 0 saturated heterocycles. The van der Waals surface area contributed by atoms with Crippen LogP contribution in [0.5, 0.6) is 46.0 Å². The van der Waals surface area contributed by atoms with Crippen LogP contribution in [0.4, 0.5) is 0 Å². The summed E-state index contributed by atoms with van der Waals surface area (Å²) in [7, 11) is 0. The zero-order valence-corrected chi connectivity index (χ0v) is 53.7. The van der Waals surface area contributed by atoms with Gasteiger partial charge in [-0.15, -0.1) is 0 Å². The van der Waals surface area contributed by atoms with Gasteiger partial charge in [0.1, 0.15) is 58.1 Å². The van der Waals surface area contributed by atoms with Gasteiger partial charge in [0.2, 0.25) is 0 Å². The SMILES string of the molecule is CC(C)CC(C(=O)O)N1C(=O)c2cc(Oc3ccc(-c4ccccc4)cc3)c3c4c(Oc5ccc(-c6ccccc6)cc5)cc5c6c(cc(Oc7ccc(-c8ccccc8)cc7)c(c7c(Oc8ccc(-c9ccccc9)cc8)cc(c2c37)C1=O)c64)C(=O)N(C(CC(C)C)C(=O)O)C5=O. The average molecular weight is 1290 g/mol. The van der Waals surface area contributed by atoms with Gasteiger partial charge < -0.3 is 29.2 Å². The number of nitrogens with zero attached hydrogens (tertiary/aromatic N) is 2. The Morgan fingerprint density at radius 2 is 0.500 bits per heavy atom. The molecule has 0 saturated carbocycles. The molecule has 13 aromatic carbocycles. The molecule has 0 bridgehead atoms. The molecule has 2 N–H and O–H groups in total. The number of ether oxygens (including phenoxy) is 4. The lowest BCUT2D eigenvalue weighted by Crippen LogP contribution is -2.51. The summed E-state index contributed by atoms with van der Waals surface area (Å²) in [6.07, 6.45) is -0.148. The van der Waals surface area contributed by atoms with Crippen molar-refractivity contribution < 1.29 is 57.9 Å². The van der Waals surface area contributed by atoms with Crippen LogP contribution in [-0.2, 0) is 9.59 Å². The van der Waals surface area contributed by atoms with E-state index in [9.17, 15) is 19.8 Å². The van der Waals surface area contributed by atoms with Gasteiger partial charge in [-0.1, -0.05) is 198 Å². The van der Waals surface area contributed by atoms with Gasteiger partial charge in [-0.2, -0.15) is 0 Å². The first kappa shape index (κ1) is 61.7. The monoisotopic (exact) mass is 1290 g/mol. The zero-order valence-electron chi connectivity index (χ0n) is 53.7. The normalized spacial score (nSPS) is 13.5. The number of carbonyl (C=O) groups excluding carboxylic acids is 4. The van der Waals surface area contributed by atoms with E-state index in [1.165, 1.54) is 24.3 Å². The van der Waals surface area contributed by atoms with E-state index < -0.39 is 47.7 Å². The molecule has 15 rings (SSSR count). The van der Waals surface area contributed by atoms with Crippen LogP contribution in [0, 0.1) is 11.8 Å². The predicted octanol–water partition coefficient (Wildman–Crippen LogP) is 19.8. The quantitative estimate of drug-likeness (QED) is 0.0418. The first-order valence-electron chi connectivity index (χ1n) is 32.5. The lowest BCUT2D eigenvalue weighted by atomic mass is 9.80. The molecule has 4 amide bonds. The molecule has 2 unspecified atom stereocenters. The van der Waals surface area contributed by atoms with E-state index in [1.54, 1.807) is 48.5 Å². The van der Waals surface area contributed by atoms with Gasteiger partial charge in [0.05, 0.1) is 22.3 Å². The maximum absolute atomic E-state index is 15.9. The van der Waals surface area contributed by atoms with Crippen LogP contribution in [0.3, 0.4) is 0 Å². The number of hydrogen-bond donors (Lipinski definition) is 2. The van der Waals surface area contributed by atoms with Crippen molar-refractivity contribution in [2.45, 2.75) is 52.6 Å². The molecular formula is C84H62N2O12. The number of carboxylic acid groups (broad SMARTS) is 2. The maximum Gasteiger partial charge on any atom is 0.326 e. The molecule has 0 aromatic heterocycles. The standard InChI is InChI=1S/C84H62N2O12/c1-47(2)41-65(83(91)92)85-79(87)61-43-67(95-57-33-25-53(26-34-57)49-17-9-5-10-18-49)73-75-69(97-59-37-29-55(30-38-59)51-21-13-7-14-22-51)45-63-72-64(82(90)86(81(63)89)66(84(93)94)42-48(3)4)46-70(98-60-39-31-56(32-40-60)52-23-15-8-16-24-52)76(78(72)75)74-68(44-62(80(85)88)71(61)77(73)74)96-58-35-27-54(28-36-58)50-19-11-6-12-20-50/h5-40,43-48,65-66H,41-42H2,1-4H3,(H,91,92)(H,93,94). The van der Waals surface area contributed by atoms with Gasteiger partial charge in [0, 0.05) is 43.1 Å². The fourth-order valence-electron chi connectivity index (χ4n) is 13.9. The molecule has 2 aliphatic rings. The largest absolute Gasteiger partial charge is 0.480 e. The third-order valence-corrected chi connectivity index (χ3v) is 18.3. The highest BCUT2D eigenvalue weighted by Gasteiger charge is 2.46. The number of aliphatic carboxylic acids is 2. The minimum atomic E-state index is -1.61. The molecule has 98 heavy (non-hydrogen) atoms. The second kappa shape index (κ2) is 25.0. The molecule has 480 valence electrons. The third kappa shape index (κ3) is 11.0. The fourth-order valence-corrected chi connectivity index (χ4v) is 13.9. The smallest absolute Gasteiger partial charge is 0.326 e. The van der Waals surface area contributed by atoms with Gasteiger partial charge in [-0.05, 0) is 142 Å². The molecule has 0 fully saturated rings. The van der Waals surface area contributed by atoms with Crippen molar-refractivity contribution in [3.05, 3.63) is 265 Å². The van der Waals surface area contributed by atoms with E-state index in [0.29, 0.717) is 23.0 Å². The topological polar surface area (TPSA) is 186 Å². The summed E-state index contributed by atoms with van der Waals surface area (Å²) in [4.78, 5) is 92.4. The fraction of sp³-hybridized carbons (Fsp3) is 0.119. The molecule has 0 spiro atoms. The Labute approximate surface area is 563 Å². The summed E-state index contributed by atoms with van der Waals surface area (Å²) in [5, 5.41) is 23.8. The van der Waals surface area contributed by atoms with Crippen molar-refractivity contribution in [3.8, 4) is 90.5 Å². The predicted molar refractivity (Wildman–Crippen MR) is 378 cm³/mol. The Kier molecular flexibility index (Phi) is 15.8. The number of rotatable bonds is 20. The van der Waals surface area contributed by atoms with E-state index in [-0.39, 0.29) is 113 Å². The number of hydrogen-bond acceptors (Lipinski definition) is 10. The molecule has 2 aliphatic heterocycles. The van der Waals surface area contributed by atoms with Crippen molar-refractivity contribution in [3.63, 3.8) is 0 Å². The molecule has 0 aliphatic carbocycles. The average Bonchev–Trinajstić information content (AvgIpc) is 0.672. The van der Waals surface area contributed by atoms with E-state index in [4.69, 9.17) is 18.9 Å². The highest BCUT2D eigenvalue weighted by molar-refractivity contribution is 6.45. The van der Waals surface area contributed by atoms with Crippen molar-refractivity contribution in [1.29, 1.82) is 0 Å². The zero-order chi connectivity index (χ0) is 67.6. The van der Waals surface area contributed by atoms with Crippen LogP contribution < -0.4 is 18.9 Å². The second-order valence-electron chi connectivity index (χ2n) is 25.6. The van der Waals surface area contributed by atoms with E-state index in [0.717, 1.165) is 54.3 Å². The number of carbonyl (C=O) groups is 6. The highest BCUT2D eigenvalue weighted by atomic mass is 16.5. The Balaban J connectivity index is 1.10. The van der Waals surface area contributed by atoms with E-state index >= 15 is 19.2 Å². The van der Waals surface area contributed by atoms with Crippen molar-refractivity contribution >= 4 is 78.7 Å². The van der Waals surface area contributed by atoms with Crippen LogP contribution >= 0.6 is 0 Å². The van der Waals surface area contributed by atoms with Gasteiger partial charge in [-0.25, -0.2) is 9.59 Å². The first-order chi connectivity index (χ1) is 47.6. The van der Waals surface area contributed by atoms with Crippen molar-refractivity contribution in [1.82, 2.24) is 9.80 Å². The van der Waals surface area contributed by atoms with E-state index in [1.807, 2.05) is 198 Å². The summed E-state index contributed by atoms with van der Waals surface area (Å²) in [6.45, 7) is 7.26.